The third kappa shape index (κ3) is 4.16. The number of amides is 2. The van der Waals surface area contributed by atoms with Crippen molar-refractivity contribution in [1.29, 1.82) is 0 Å². The number of hydrogen-bond donors (Lipinski definition) is 2. The Kier molecular flexibility index (Phi) is 5.56. The first-order chi connectivity index (χ1) is 12.8. The summed E-state index contributed by atoms with van der Waals surface area (Å²) < 4.78 is 51.2. The van der Waals surface area contributed by atoms with Gasteiger partial charge in [-0.3, -0.25) is 14.8 Å². The Hall–Kier alpha value is -2.33. The number of nitrogens with zero attached hydrogens (tertiary/aromatic N) is 1. The highest BCUT2D eigenvalue weighted by atomic mass is 19.4. The number of benzene rings is 1. The number of carbonyl (C=O) groups is 2. The van der Waals surface area contributed by atoms with Crippen LogP contribution in [-0.4, -0.2) is 54.0 Å². The van der Waals surface area contributed by atoms with Crippen molar-refractivity contribution in [2.45, 2.75) is 31.6 Å². The van der Waals surface area contributed by atoms with Crippen molar-refractivity contribution in [3.8, 4) is 5.75 Å². The Balaban J connectivity index is 1.91. The Labute approximate surface area is 153 Å². The number of nitrogens with one attached hydrogen (secondary N) is 1. The molecule has 0 aromatic heterocycles. The summed E-state index contributed by atoms with van der Waals surface area (Å²) in [7, 11) is 0. The molecule has 2 aliphatic heterocycles. The number of rotatable bonds is 2. The minimum atomic E-state index is -4.66. The number of hydrogen-bond acceptors (Lipinski definition) is 5. The molecular weight excluding hydrogens is 369 g/mol. The number of fused-ring (bicyclic) bond motifs is 1. The highest BCUT2D eigenvalue weighted by Gasteiger charge is 2.48. The van der Waals surface area contributed by atoms with Crippen molar-refractivity contribution < 1.29 is 37.4 Å². The highest BCUT2D eigenvalue weighted by molar-refractivity contribution is 5.93. The Morgan fingerprint density at radius 1 is 1.22 bits per heavy atom. The Morgan fingerprint density at radius 2 is 1.93 bits per heavy atom. The lowest BCUT2D eigenvalue weighted by Crippen LogP contribution is -2.52. The highest BCUT2D eigenvalue weighted by Crippen LogP contribution is 2.34. The predicted octanol–water partition coefficient (Wildman–Crippen LogP) is 1.88. The number of hydroxylamine groups is 1. The second-order valence-corrected chi connectivity index (χ2v) is 6.48. The second kappa shape index (κ2) is 7.73. The third-order valence-corrected chi connectivity index (χ3v) is 4.78. The van der Waals surface area contributed by atoms with Crippen molar-refractivity contribution in [3.63, 3.8) is 0 Å². The third-order valence-electron chi connectivity index (χ3n) is 4.78. The zero-order valence-corrected chi connectivity index (χ0v) is 14.3. The van der Waals surface area contributed by atoms with Crippen LogP contribution in [0.25, 0.3) is 0 Å². The molecule has 1 aromatic carbocycles. The molecule has 1 aromatic rings. The normalized spacial score (nSPS) is 21.0. The molecule has 1 atom stereocenters. The molecule has 1 fully saturated rings. The van der Waals surface area contributed by atoms with E-state index < -0.39 is 36.6 Å². The molecule has 10 heteroatoms. The first kappa shape index (κ1) is 19.4. The van der Waals surface area contributed by atoms with Gasteiger partial charge in [-0.1, -0.05) is 6.07 Å². The first-order valence-electron chi connectivity index (χ1n) is 8.46. The van der Waals surface area contributed by atoms with E-state index in [4.69, 9.17) is 14.7 Å². The van der Waals surface area contributed by atoms with Crippen molar-refractivity contribution in [2.24, 2.45) is 5.92 Å². The standard InChI is InChI=1S/C17H19F3N2O5/c18-17(19,20)14-9-27-13-7-11(15(23)21-25)1-2-12(13)8-22(14)16(24)10-3-5-26-6-4-10/h1-2,7,10,14,25H,3-6,8-9H2,(H,21,23)/t14-/m1/s1. The molecule has 3 rings (SSSR count). The maximum absolute atomic E-state index is 13.6. The summed E-state index contributed by atoms with van der Waals surface area (Å²) in [5.41, 5.74) is 1.85. The van der Waals surface area contributed by atoms with Crippen LogP contribution in [0.4, 0.5) is 13.2 Å². The average molecular weight is 388 g/mol. The first-order valence-corrected chi connectivity index (χ1v) is 8.46. The van der Waals surface area contributed by atoms with Crippen molar-refractivity contribution in [2.75, 3.05) is 19.8 Å². The molecule has 27 heavy (non-hydrogen) atoms. The topological polar surface area (TPSA) is 88.1 Å². The number of carbonyl (C=O) groups excluding carboxylic acids is 2. The van der Waals surface area contributed by atoms with E-state index in [1.54, 1.807) is 0 Å². The Bertz CT molecular complexity index is 719. The van der Waals surface area contributed by atoms with Gasteiger partial charge in [0.15, 0.2) is 6.04 Å². The van der Waals surface area contributed by atoms with Gasteiger partial charge in [0, 0.05) is 30.3 Å². The largest absolute Gasteiger partial charge is 0.491 e. The monoisotopic (exact) mass is 388 g/mol. The second-order valence-electron chi connectivity index (χ2n) is 6.48. The van der Waals surface area contributed by atoms with Gasteiger partial charge in [-0.15, -0.1) is 0 Å². The van der Waals surface area contributed by atoms with E-state index in [0.29, 0.717) is 31.6 Å². The molecular formula is C17H19F3N2O5. The van der Waals surface area contributed by atoms with Crippen molar-refractivity contribution in [1.82, 2.24) is 10.4 Å². The van der Waals surface area contributed by atoms with Crippen LogP contribution in [0.3, 0.4) is 0 Å². The summed E-state index contributed by atoms with van der Waals surface area (Å²) >= 11 is 0. The van der Waals surface area contributed by atoms with E-state index in [2.05, 4.69) is 0 Å². The molecule has 2 heterocycles. The lowest BCUT2D eigenvalue weighted by atomic mass is 9.97. The van der Waals surface area contributed by atoms with Crippen LogP contribution in [0.5, 0.6) is 5.75 Å². The predicted molar refractivity (Wildman–Crippen MR) is 85.1 cm³/mol. The summed E-state index contributed by atoms with van der Waals surface area (Å²) in [6, 6.07) is 1.92. The molecule has 0 radical (unpaired) electrons. The zero-order chi connectivity index (χ0) is 19.6. The molecule has 0 saturated carbocycles. The molecule has 7 nitrogen and oxygen atoms in total. The van der Waals surface area contributed by atoms with Gasteiger partial charge in [-0.25, -0.2) is 5.48 Å². The van der Waals surface area contributed by atoms with Crippen LogP contribution in [0.15, 0.2) is 18.2 Å². The average Bonchev–Trinajstić information content (AvgIpc) is 2.86. The smallest absolute Gasteiger partial charge is 0.412 e. The summed E-state index contributed by atoms with van der Waals surface area (Å²) in [4.78, 5) is 25.1. The fourth-order valence-electron chi connectivity index (χ4n) is 3.26. The van der Waals surface area contributed by atoms with E-state index in [-0.39, 0.29) is 17.9 Å². The van der Waals surface area contributed by atoms with Crippen molar-refractivity contribution in [3.05, 3.63) is 29.3 Å². The van der Waals surface area contributed by atoms with Gasteiger partial charge < -0.3 is 14.4 Å². The van der Waals surface area contributed by atoms with Crippen LogP contribution in [0, 0.1) is 5.92 Å². The van der Waals surface area contributed by atoms with Crippen LogP contribution >= 0.6 is 0 Å². The van der Waals surface area contributed by atoms with E-state index in [0.717, 1.165) is 4.90 Å². The molecule has 2 N–H and O–H groups in total. The number of alkyl halides is 3. The van der Waals surface area contributed by atoms with Gasteiger partial charge in [-0.2, -0.15) is 13.2 Å². The minimum Gasteiger partial charge on any atom is -0.491 e. The van der Waals surface area contributed by atoms with Crippen molar-refractivity contribution >= 4 is 11.8 Å². The fourth-order valence-corrected chi connectivity index (χ4v) is 3.26. The fraction of sp³-hybridized carbons (Fsp3) is 0.529. The molecule has 0 bridgehead atoms. The zero-order valence-electron chi connectivity index (χ0n) is 14.3. The summed E-state index contributed by atoms with van der Waals surface area (Å²) in [6.07, 6.45) is -3.90. The quantitative estimate of drug-likeness (QED) is 0.597. The van der Waals surface area contributed by atoms with Crippen LogP contribution < -0.4 is 10.2 Å². The van der Waals surface area contributed by atoms with Crippen LogP contribution in [0.1, 0.15) is 28.8 Å². The van der Waals surface area contributed by atoms with Crippen LogP contribution in [-0.2, 0) is 16.1 Å². The van der Waals surface area contributed by atoms with Gasteiger partial charge in [0.25, 0.3) is 5.91 Å². The van der Waals surface area contributed by atoms with Gasteiger partial charge in [0.1, 0.15) is 12.4 Å². The maximum atomic E-state index is 13.6. The number of halogens is 3. The van der Waals surface area contributed by atoms with E-state index >= 15 is 0 Å². The van der Waals surface area contributed by atoms with Gasteiger partial charge in [0.05, 0.1) is 6.54 Å². The number of ether oxygens (including phenoxy) is 2. The molecule has 1 saturated heterocycles. The summed E-state index contributed by atoms with van der Waals surface area (Å²) in [6.45, 7) is -0.367. The Morgan fingerprint density at radius 3 is 2.56 bits per heavy atom. The molecule has 148 valence electrons. The summed E-state index contributed by atoms with van der Waals surface area (Å²) in [5, 5.41) is 8.70. The lowest BCUT2D eigenvalue weighted by Gasteiger charge is -2.34. The molecule has 0 spiro atoms. The molecule has 0 aliphatic carbocycles. The molecule has 2 aliphatic rings. The molecule has 0 unspecified atom stereocenters. The van der Waals surface area contributed by atoms with Gasteiger partial charge >= 0.3 is 6.18 Å². The minimum absolute atomic E-state index is 0.0315. The van der Waals surface area contributed by atoms with E-state index in [1.165, 1.54) is 23.7 Å². The summed E-state index contributed by atoms with van der Waals surface area (Å²) in [5.74, 6) is -1.83. The SMILES string of the molecule is O=C(NO)c1ccc2c(c1)OC[C@H](C(F)(F)F)N(C(=O)C1CCOCC1)C2. The van der Waals surface area contributed by atoms with E-state index in [9.17, 15) is 22.8 Å². The van der Waals surface area contributed by atoms with Gasteiger partial charge in [-0.05, 0) is 25.0 Å². The van der Waals surface area contributed by atoms with Crippen LogP contribution in [0.2, 0.25) is 0 Å². The maximum Gasteiger partial charge on any atom is 0.412 e. The molecule has 2 amide bonds. The van der Waals surface area contributed by atoms with Gasteiger partial charge in [0.2, 0.25) is 5.91 Å². The van der Waals surface area contributed by atoms with E-state index in [1.807, 2.05) is 0 Å². The lowest BCUT2D eigenvalue weighted by molar-refractivity contribution is -0.198.